The number of hydrogen-bond acceptors (Lipinski definition) is 3. The van der Waals surface area contributed by atoms with E-state index in [1.165, 1.54) is 38.2 Å². The van der Waals surface area contributed by atoms with Gasteiger partial charge in [-0.05, 0) is 83.9 Å². The maximum atomic E-state index is 6.20. The van der Waals surface area contributed by atoms with Crippen molar-refractivity contribution < 1.29 is 4.42 Å². The van der Waals surface area contributed by atoms with E-state index >= 15 is 0 Å². The highest BCUT2D eigenvalue weighted by Gasteiger charge is 2.20. The molecule has 294 valence electrons. The van der Waals surface area contributed by atoms with Gasteiger partial charge in [0.1, 0.15) is 11.2 Å². The number of nitrogens with zero attached hydrogens (tertiary/aromatic N) is 4. The van der Waals surface area contributed by atoms with Crippen LogP contribution < -0.4 is 0 Å². The quantitative estimate of drug-likeness (QED) is 0.168. The predicted octanol–water partition coefficient (Wildman–Crippen LogP) is 15.2. The summed E-state index contributed by atoms with van der Waals surface area (Å²) in [5, 5.41) is 7.12. The fraction of sp³-hybridized carbons (Fsp3) is 0. The molecule has 0 unspecified atom stereocenters. The van der Waals surface area contributed by atoms with Gasteiger partial charge in [0.25, 0.3) is 0 Å². The lowest BCUT2D eigenvalue weighted by atomic mass is 9.98. The molecule has 0 fully saturated rings. The second-order valence-corrected chi connectivity index (χ2v) is 16.2. The third-order valence-corrected chi connectivity index (χ3v) is 12.5. The molecule has 0 atom stereocenters. The van der Waals surface area contributed by atoms with E-state index in [1.807, 2.05) is 48.5 Å². The molecule has 4 aromatic heterocycles. The van der Waals surface area contributed by atoms with Crippen LogP contribution in [0.3, 0.4) is 0 Å². The number of benzene rings is 9. The summed E-state index contributed by atoms with van der Waals surface area (Å²) in [6, 6.07) is 77.4. The van der Waals surface area contributed by atoms with Crippen LogP contribution in [0.5, 0.6) is 0 Å². The summed E-state index contributed by atoms with van der Waals surface area (Å²) in [5.74, 6) is 0.707. The van der Waals surface area contributed by atoms with Crippen LogP contribution in [0.25, 0.3) is 122 Å². The lowest BCUT2D eigenvalue weighted by molar-refractivity contribution is 0.669. The predicted molar refractivity (Wildman–Crippen MR) is 260 cm³/mol. The third kappa shape index (κ3) is 5.64. The van der Waals surface area contributed by atoms with E-state index in [-0.39, 0.29) is 0 Å². The Labute approximate surface area is 362 Å². The SMILES string of the molecule is c1ccc(-c2cc(-c3ccc(-n4c5ccccc5c5c(-c6ccc7c(c6)c6ccccc6n7-c6ccc7oc8ccccc8c7c6)cccc54)cc3)nc(-c3ccccc3)n2)cc1. The zero-order chi connectivity index (χ0) is 41.4. The highest BCUT2D eigenvalue weighted by atomic mass is 16.3. The van der Waals surface area contributed by atoms with Gasteiger partial charge in [-0.3, -0.25) is 0 Å². The van der Waals surface area contributed by atoms with Crippen LogP contribution in [-0.4, -0.2) is 19.1 Å². The summed E-state index contributed by atoms with van der Waals surface area (Å²) in [6.45, 7) is 0. The second kappa shape index (κ2) is 14.0. The molecule has 13 aromatic rings. The molecule has 0 radical (unpaired) electrons. The smallest absolute Gasteiger partial charge is 0.160 e. The van der Waals surface area contributed by atoms with Gasteiger partial charge in [0.15, 0.2) is 5.82 Å². The molecule has 63 heavy (non-hydrogen) atoms. The zero-order valence-electron chi connectivity index (χ0n) is 34.0. The van der Waals surface area contributed by atoms with Gasteiger partial charge in [-0.2, -0.15) is 0 Å². The first kappa shape index (κ1) is 35.2. The Kier molecular flexibility index (Phi) is 7.84. The average Bonchev–Trinajstić information content (AvgIpc) is 4.02. The first-order chi connectivity index (χ1) is 31.2. The Morgan fingerprint density at radius 3 is 1.65 bits per heavy atom. The minimum Gasteiger partial charge on any atom is -0.456 e. The molecule has 4 heterocycles. The molecule has 9 aromatic carbocycles. The number of hydrogen-bond donors (Lipinski definition) is 0. The van der Waals surface area contributed by atoms with Crippen molar-refractivity contribution in [2.45, 2.75) is 0 Å². The van der Waals surface area contributed by atoms with Gasteiger partial charge in [-0.25, -0.2) is 9.97 Å². The van der Waals surface area contributed by atoms with Gasteiger partial charge in [-0.1, -0.05) is 146 Å². The lowest BCUT2D eigenvalue weighted by Gasteiger charge is -2.12. The summed E-state index contributed by atoms with van der Waals surface area (Å²) in [6.07, 6.45) is 0. The van der Waals surface area contributed by atoms with Crippen molar-refractivity contribution in [2.24, 2.45) is 0 Å². The topological polar surface area (TPSA) is 48.8 Å². The molecular formula is C58H36N4O. The van der Waals surface area contributed by atoms with E-state index in [0.717, 1.165) is 77.9 Å². The number of furan rings is 1. The molecule has 0 spiro atoms. The van der Waals surface area contributed by atoms with E-state index < -0.39 is 0 Å². The molecular weight excluding hydrogens is 769 g/mol. The van der Waals surface area contributed by atoms with Crippen LogP contribution in [0, 0.1) is 0 Å². The highest BCUT2D eigenvalue weighted by Crippen LogP contribution is 2.42. The standard InChI is InChI=1S/C58H36N4O/c1-3-14-37(15-4-1)49-36-50(60-58(59-49)39-16-5-2-6-17-39)38-26-29-41(30-27-38)61-52-23-11-8-20-46(52)57-43(21-13-24-54(57)61)40-28-32-53-47(34-40)44-18-7-10-22-51(44)62(53)42-31-33-56-48(35-42)45-19-9-12-25-55(45)63-56/h1-36H. The molecule has 0 aliphatic rings. The molecule has 0 saturated carbocycles. The second-order valence-electron chi connectivity index (χ2n) is 16.2. The minimum absolute atomic E-state index is 0.707. The molecule has 0 aliphatic carbocycles. The normalized spacial score (nSPS) is 11.8. The summed E-state index contributed by atoms with van der Waals surface area (Å²) < 4.78 is 11.0. The van der Waals surface area contributed by atoms with Crippen LogP contribution in [0.15, 0.2) is 223 Å². The Morgan fingerprint density at radius 1 is 0.317 bits per heavy atom. The van der Waals surface area contributed by atoms with E-state index in [2.05, 4.69) is 179 Å². The molecule has 5 nitrogen and oxygen atoms in total. The van der Waals surface area contributed by atoms with Crippen LogP contribution >= 0.6 is 0 Å². The molecule has 0 aliphatic heterocycles. The monoisotopic (exact) mass is 804 g/mol. The van der Waals surface area contributed by atoms with Gasteiger partial charge in [0, 0.05) is 60.4 Å². The van der Waals surface area contributed by atoms with Crippen molar-refractivity contribution in [3.8, 4) is 56.4 Å². The van der Waals surface area contributed by atoms with Crippen molar-refractivity contribution in [2.75, 3.05) is 0 Å². The molecule has 13 rings (SSSR count). The van der Waals surface area contributed by atoms with Crippen LogP contribution in [-0.2, 0) is 0 Å². The maximum Gasteiger partial charge on any atom is 0.160 e. The van der Waals surface area contributed by atoms with E-state index in [0.29, 0.717) is 5.82 Å². The van der Waals surface area contributed by atoms with Gasteiger partial charge in [0.05, 0.1) is 33.5 Å². The van der Waals surface area contributed by atoms with Crippen molar-refractivity contribution >= 4 is 65.6 Å². The van der Waals surface area contributed by atoms with E-state index in [4.69, 9.17) is 14.4 Å². The van der Waals surface area contributed by atoms with Crippen molar-refractivity contribution in [1.29, 1.82) is 0 Å². The molecule has 0 amide bonds. The van der Waals surface area contributed by atoms with Gasteiger partial charge < -0.3 is 13.6 Å². The fourth-order valence-corrected chi connectivity index (χ4v) is 9.66. The summed E-state index contributed by atoms with van der Waals surface area (Å²) in [7, 11) is 0. The van der Waals surface area contributed by atoms with Crippen LogP contribution in [0.4, 0.5) is 0 Å². The first-order valence-electron chi connectivity index (χ1n) is 21.3. The highest BCUT2D eigenvalue weighted by molar-refractivity contribution is 6.17. The largest absolute Gasteiger partial charge is 0.456 e. The zero-order valence-corrected chi connectivity index (χ0v) is 34.0. The van der Waals surface area contributed by atoms with Crippen LogP contribution in [0.2, 0.25) is 0 Å². The fourth-order valence-electron chi connectivity index (χ4n) is 9.66. The van der Waals surface area contributed by atoms with E-state index in [1.54, 1.807) is 0 Å². The number of para-hydroxylation sites is 3. The molecule has 0 bridgehead atoms. The van der Waals surface area contributed by atoms with Gasteiger partial charge in [0.2, 0.25) is 0 Å². The number of aromatic nitrogens is 4. The van der Waals surface area contributed by atoms with Crippen molar-refractivity contribution in [3.05, 3.63) is 218 Å². The average molecular weight is 805 g/mol. The van der Waals surface area contributed by atoms with Gasteiger partial charge >= 0.3 is 0 Å². The van der Waals surface area contributed by atoms with Crippen LogP contribution in [0.1, 0.15) is 0 Å². The van der Waals surface area contributed by atoms with E-state index in [9.17, 15) is 0 Å². The summed E-state index contributed by atoms with van der Waals surface area (Å²) in [4.78, 5) is 10.1. The van der Waals surface area contributed by atoms with Gasteiger partial charge in [-0.15, -0.1) is 0 Å². The van der Waals surface area contributed by atoms with Crippen molar-refractivity contribution in [1.82, 2.24) is 19.1 Å². The third-order valence-electron chi connectivity index (χ3n) is 12.5. The summed E-state index contributed by atoms with van der Waals surface area (Å²) in [5.41, 5.74) is 15.9. The Morgan fingerprint density at radius 2 is 0.873 bits per heavy atom. The number of fused-ring (bicyclic) bond motifs is 9. The Hall–Kier alpha value is -8.54. The minimum atomic E-state index is 0.707. The first-order valence-corrected chi connectivity index (χ1v) is 21.3. The Balaban J connectivity index is 0.938. The lowest BCUT2D eigenvalue weighted by Crippen LogP contribution is -1.97. The Bertz CT molecular complexity index is 3840. The summed E-state index contributed by atoms with van der Waals surface area (Å²) >= 11 is 0. The van der Waals surface area contributed by atoms with Crippen molar-refractivity contribution in [3.63, 3.8) is 0 Å². The number of rotatable bonds is 6. The molecule has 5 heteroatoms. The maximum absolute atomic E-state index is 6.20. The molecule has 0 N–H and O–H groups in total. The molecule has 0 saturated heterocycles.